The molecule has 0 aromatic carbocycles. The first-order valence-corrected chi connectivity index (χ1v) is 10.1. The van der Waals surface area contributed by atoms with Crippen molar-refractivity contribution in [1.82, 2.24) is 30.0 Å². The molecule has 1 amide bonds. The van der Waals surface area contributed by atoms with Crippen molar-refractivity contribution < 1.29 is 9.18 Å². The topological polar surface area (TPSA) is 90.7 Å². The summed E-state index contributed by atoms with van der Waals surface area (Å²) in [6.07, 6.45) is 4.90. The van der Waals surface area contributed by atoms with Gasteiger partial charge in [0.25, 0.3) is 0 Å². The number of piperazine rings is 1. The number of carbonyl (C=O) groups is 1. The number of hydrogen-bond acceptors (Lipinski definition) is 7. The fraction of sp³-hybridized carbons (Fsp3) is 0.400. The molecule has 5 heterocycles. The number of pyridine rings is 1. The molecule has 0 saturated carbocycles. The molecule has 9 nitrogen and oxygen atoms in total. The van der Waals surface area contributed by atoms with Crippen molar-refractivity contribution in [2.24, 2.45) is 5.92 Å². The number of amides is 1. The van der Waals surface area contributed by atoms with Gasteiger partial charge in [-0.1, -0.05) is 6.07 Å². The lowest BCUT2D eigenvalue weighted by Gasteiger charge is -2.39. The highest BCUT2D eigenvalue weighted by Gasteiger charge is 2.35. The Labute approximate surface area is 172 Å². The van der Waals surface area contributed by atoms with Crippen molar-refractivity contribution in [3.63, 3.8) is 0 Å². The summed E-state index contributed by atoms with van der Waals surface area (Å²) in [6.45, 7) is 4.57. The summed E-state index contributed by atoms with van der Waals surface area (Å²) < 4.78 is 16.3. The van der Waals surface area contributed by atoms with Gasteiger partial charge in [-0.2, -0.15) is 4.98 Å². The zero-order valence-electron chi connectivity index (χ0n) is 16.5. The van der Waals surface area contributed by atoms with Crippen molar-refractivity contribution >= 4 is 23.3 Å². The third-order valence-corrected chi connectivity index (χ3v) is 5.60. The van der Waals surface area contributed by atoms with Gasteiger partial charge < -0.3 is 24.8 Å². The molecular formula is C20H23FN8O. The van der Waals surface area contributed by atoms with Crippen LogP contribution in [0.2, 0.25) is 0 Å². The molecule has 30 heavy (non-hydrogen) atoms. The number of nitrogens with zero attached hydrogens (tertiary/aromatic N) is 6. The van der Waals surface area contributed by atoms with Crippen LogP contribution in [0.5, 0.6) is 0 Å². The zero-order valence-corrected chi connectivity index (χ0v) is 16.5. The van der Waals surface area contributed by atoms with Gasteiger partial charge in [0.05, 0.1) is 30.6 Å². The van der Waals surface area contributed by atoms with Crippen LogP contribution >= 0.6 is 0 Å². The highest BCUT2D eigenvalue weighted by atomic mass is 19.1. The SMILES string of the molecule is O=C(NCc1cnc2ccccn12)C1CN(c2nc(N3CCNCC3)ncc2F)C1. The van der Waals surface area contributed by atoms with Crippen LogP contribution in [0.15, 0.2) is 36.8 Å². The second-order valence-corrected chi connectivity index (χ2v) is 7.58. The number of nitrogens with one attached hydrogen (secondary N) is 2. The average molecular weight is 410 g/mol. The van der Waals surface area contributed by atoms with Gasteiger partial charge in [-0.15, -0.1) is 0 Å². The van der Waals surface area contributed by atoms with E-state index in [4.69, 9.17) is 0 Å². The number of fused-ring (bicyclic) bond motifs is 1. The summed E-state index contributed by atoms with van der Waals surface area (Å²) in [4.78, 5) is 29.2. The average Bonchev–Trinajstić information content (AvgIpc) is 3.16. The lowest BCUT2D eigenvalue weighted by Crippen LogP contribution is -2.54. The molecule has 156 valence electrons. The van der Waals surface area contributed by atoms with Gasteiger partial charge in [0.15, 0.2) is 11.6 Å². The minimum atomic E-state index is -0.460. The summed E-state index contributed by atoms with van der Waals surface area (Å²) in [5.74, 6) is 0.103. The normalized spacial score (nSPS) is 17.2. The molecule has 2 N–H and O–H groups in total. The smallest absolute Gasteiger partial charge is 0.227 e. The van der Waals surface area contributed by atoms with E-state index in [2.05, 4.69) is 25.6 Å². The molecule has 0 unspecified atom stereocenters. The summed E-state index contributed by atoms with van der Waals surface area (Å²) in [5, 5.41) is 6.23. The summed E-state index contributed by atoms with van der Waals surface area (Å²) in [6, 6.07) is 5.77. The van der Waals surface area contributed by atoms with E-state index in [9.17, 15) is 9.18 Å². The van der Waals surface area contributed by atoms with E-state index in [0.717, 1.165) is 37.5 Å². The molecule has 3 aromatic heterocycles. The van der Waals surface area contributed by atoms with Crippen molar-refractivity contribution in [3.8, 4) is 0 Å². The van der Waals surface area contributed by atoms with Gasteiger partial charge >= 0.3 is 0 Å². The molecule has 0 spiro atoms. The quantitative estimate of drug-likeness (QED) is 0.630. The van der Waals surface area contributed by atoms with Crippen LogP contribution in [0, 0.1) is 11.7 Å². The molecule has 2 fully saturated rings. The molecule has 5 rings (SSSR count). The van der Waals surface area contributed by atoms with Crippen molar-refractivity contribution in [2.75, 3.05) is 49.1 Å². The molecule has 2 aliphatic heterocycles. The standard InChI is InChI=1S/C20H23FN8O/c21-16-11-25-20(27-7-4-22-5-8-27)26-18(16)28-12-14(13-28)19(30)24-10-15-9-23-17-3-1-2-6-29(15)17/h1-3,6,9,11,14,22H,4-5,7-8,10,12-13H2,(H,24,30). The second-order valence-electron chi connectivity index (χ2n) is 7.58. The van der Waals surface area contributed by atoms with Crippen LogP contribution in [0.25, 0.3) is 5.65 Å². The van der Waals surface area contributed by atoms with Crippen LogP contribution in [0.3, 0.4) is 0 Å². The molecule has 2 saturated heterocycles. The second kappa shape index (κ2) is 7.86. The van der Waals surface area contributed by atoms with Gasteiger partial charge in [-0.05, 0) is 12.1 Å². The van der Waals surface area contributed by atoms with Crippen LogP contribution in [0.1, 0.15) is 5.69 Å². The van der Waals surface area contributed by atoms with E-state index in [1.807, 2.05) is 33.7 Å². The van der Waals surface area contributed by atoms with E-state index >= 15 is 0 Å². The van der Waals surface area contributed by atoms with Gasteiger partial charge in [-0.3, -0.25) is 4.79 Å². The van der Waals surface area contributed by atoms with E-state index < -0.39 is 5.82 Å². The minimum Gasteiger partial charge on any atom is -0.352 e. The lowest BCUT2D eigenvalue weighted by atomic mass is 9.99. The van der Waals surface area contributed by atoms with Crippen LogP contribution in [0.4, 0.5) is 16.2 Å². The Bertz CT molecular complexity index is 1060. The largest absolute Gasteiger partial charge is 0.352 e. The minimum absolute atomic E-state index is 0.0473. The van der Waals surface area contributed by atoms with Crippen LogP contribution in [-0.4, -0.2) is 64.5 Å². The Morgan fingerprint density at radius 1 is 1.17 bits per heavy atom. The Balaban J connectivity index is 1.19. The third kappa shape index (κ3) is 3.54. The summed E-state index contributed by atoms with van der Waals surface area (Å²) in [5.41, 5.74) is 1.76. The maximum atomic E-state index is 14.3. The molecule has 3 aromatic rings. The number of hydrogen-bond donors (Lipinski definition) is 2. The molecule has 0 bridgehead atoms. The number of rotatable bonds is 5. The van der Waals surface area contributed by atoms with E-state index in [0.29, 0.717) is 25.6 Å². The van der Waals surface area contributed by atoms with E-state index in [1.54, 1.807) is 11.1 Å². The number of anilines is 2. The predicted octanol–water partition coefficient (Wildman–Crippen LogP) is 0.426. The predicted molar refractivity (Wildman–Crippen MR) is 110 cm³/mol. The number of halogens is 1. The Morgan fingerprint density at radius 3 is 2.83 bits per heavy atom. The van der Waals surface area contributed by atoms with Gasteiger partial charge in [0, 0.05) is 45.5 Å². The Hall–Kier alpha value is -3.27. The van der Waals surface area contributed by atoms with E-state index in [-0.39, 0.29) is 17.6 Å². The zero-order chi connectivity index (χ0) is 20.5. The lowest BCUT2D eigenvalue weighted by molar-refractivity contribution is -0.125. The Kier molecular flexibility index (Phi) is 4.91. The fourth-order valence-corrected chi connectivity index (χ4v) is 3.84. The first-order valence-electron chi connectivity index (χ1n) is 10.1. The number of imidazole rings is 1. The maximum absolute atomic E-state index is 14.3. The monoisotopic (exact) mass is 410 g/mol. The Morgan fingerprint density at radius 2 is 2.00 bits per heavy atom. The van der Waals surface area contributed by atoms with Gasteiger partial charge in [0.1, 0.15) is 5.65 Å². The van der Waals surface area contributed by atoms with E-state index in [1.165, 1.54) is 6.20 Å². The van der Waals surface area contributed by atoms with Crippen LogP contribution < -0.4 is 20.4 Å². The first kappa shape index (κ1) is 18.7. The van der Waals surface area contributed by atoms with Crippen molar-refractivity contribution in [2.45, 2.75) is 6.54 Å². The fourth-order valence-electron chi connectivity index (χ4n) is 3.84. The first-order chi connectivity index (χ1) is 14.7. The summed E-state index contributed by atoms with van der Waals surface area (Å²) in [7, 11) is 0. The highest BCUT2D eigenvalue weighted by Crippen LogP contribution is 2.27. The molecule has 10 heteroatoms. The molecule has 2 aliphatic rings. The molecular weight excluding hydrogens is 387 g/mol. The van der Waals surface area contributed by atoms with Crippen molar-refractivity contribution in [3.05, 3.63) is 48.3 Å². The number of carbonyl (C=O) groups excluding carboxylic acids is 1. The third-order valence-electron chi connectivity index (χ3n) is 5.60. The molecule has 0 aliphatic carbocycles. The molecule has 0 atom stereocenters. The maximum Gasteiger partial charge on any atom is 0.227 e. The van der Waals surface area contributed by atoms with Gasteiger partial charge in [-0.25, -0.2) is 14.4 Å². The highest BCUT2D eigenvalue weighted by molar-refractivity contribution is 5.81. The summed E-state index contributed by atoms with van der Waals surface area (Å²) >= 11 is 0. The van der Waals surface area contributed by atoms with Crippen LogP contribution in [-0.2, 0) is 11.3 Å². The molecule has 0 radical (unpaired) electrons. The number of aromatic nitrogens is 4. The van der Waals surface area contributed by atoms with Gasteiger partial charge in [0.2, 0.25) is 11.9 Å². The van der Waals surface area contributed by atoms with Crippen molar-refractivity contribution in [1.29, 1.82) is 0 Å².